The molecule has 6 heteroatoms. The van der Waals surface area contributed by atoms with Gasteiger partial charge in [0, 0.05) is 17.8 Å². The highest BCUT2D eigenvalue weighted by Gasteiger charge is 2.18. The van der Waals surface area contributed by atoms with Crippen LogP contribution in [0.5, 0.6) is 11.5 Å². The van der Waals surface area contributed by atoms with Crippen molar-refractivity contribution in [1.29, 1.82) is 0 Å². The molecule has 0 N–H and O–H groups in total. The average Bonchev–Trinajstić information content (AvgIpc) is 3.10. The number of hydrogen-bond donors (Lipinski definition) is 0. The van der Waals surface area contributed by atoms with E-state index in [0.717, 1.165) is 28.4 Å². The number of aldehydes is 1. The predicted molar refractivity (Wildman–Crippen MR) is 110 cm³/mol. The van der Waals surface area contributed by atoms with Gasteiger partial charge in [-0.15, -0.1) is 0 Å². The van der Waals surface area contributed by atoms with Crippen LogP contribution in [0.15, 0.2) is 61.1 Å². The van der Waals surface area contributed by atoms with Gasteiger partial charge in [0.2, 0.25) is 0 Å². The molecule has 2 aromatic carbocycles. The fraction of sp³-hybridized carbons (Fsp3) is 0.136. The fourth-order valence-electron chi connectivity index (χ4n) is 3.18. The van der Waals surface area contributed by atoms with Crippen LogP contribution in [-0.4, -0.2) is 20.8 Å². The fourth-order valence-corrected chi connectivity index (χ4v) is 3.41. The van der Waals surface area contributed by atoms with Crippen LogP contribution in [0.4, 0.5) is 0 Å². The summed E-state index contributed by atoms with van der Waals surface area (Å²) in [5.41, 5.74) is 2.95. The van der Waals surface area contributed by atoms with Crippen molar-refractivity contribution in [3.05, 3.63) is 71.8 Å². The smallest absolute Gasteiger partial charge is 0.153 e. The van der Waals surface area contributed by atoms with Gasteiger partial charge in [-0.05, 0) is 43.7 Å². The molecule has 0 spiro atoms. The molecular formula is C22H18ClN3O2. The summed E-state index contributed by atoms with van der Waals surface area (Å²) in [5, 5.41) is 1.16. The molecule has 0 amide bonds. The number of benzene rings is 2. The number of halogens is 1. The van der Waals surface area contributed by atoms with E-state index in [0.29, 0.717) is 22.2 Å². The maximum Gasteiger partial charge on any atom is 0.153 e. The molecule has 0 aliphatic carbocycles. The summed E-state index contributed by atoms with van der Waals surface area (Å²) in [5.74, 6) is 1.17. The van der Waals surface area contributed by atoms with E-state index in [1.165, 1.54) is 6.33 Å². The second-order valence-corrected chi connectivity index (χ2v) is 7.05. The predicted octanol–water partition coefficient (Wildman–Crippen LogP) is 5.94. The summed E-state index contributed by atoms with van der Waals surface area (Å²) in [6, 6.07) is 15.1. The highest BCUT2D eigenvalue weighted by molar-refractivity contribution is 6.35. The lowest BCUT2D eigenvalue weighted by atomic mass is 10.0. The first-order chi connectivity index (χ1) is 13.6. The maximum atomic E-state index is 11.7. The molecule has 28 heavy (non-hydrogen) atoms. The number of ether oxygens (including phenoxy) is 1. The summed E-state index contributed by atoms with van der Waals surface area (Å²) < 4.78 is 7.91. The lowest BCUT2D eigenvalue weighted by Crippen LogP contribution is -1.99. The lowest BCUT2D eigenvalue weighted by molar-refractivity contribution is 0.112. The van der Waals surface area contributed by atoms with Crippen molar-refractivity contribution in [3.8, 4) is 22.6 Å². The Morgan fingerprint density at radius 1 is 1.11 bits per heavy atom. The van der Waals surface area contributed by atoms with Gasteiger partial charge in [-0.3, -0.25) is 4.79 Å². The minimum Gasteiger partial charge on any atom is -0.457 e. The number of para-hydroxylation sites is 1. The molecule has 0 saturated heterocycles. The van der Waals surface area contributed by atoms with Gasteiger partial charge in [0.15, 0.2) is 6.29 Å². The Hall–Kier alpha value is -3.18. The van der Waals surface area contributed by atoms with Crippen LogP contribution in [0, 0.1) is 0 Å². The van der Waals surface area contributed by atoms with Crippen LogP contribution >= 0.6 is 11.6 Å². The second kappa shape index (κ2) is 7.44. The van der Waals surface area contributed by atoms with Crippen molar-refractivity contribution in [1.82, 2.24) is 14.5 Å². The van der Waals surface area contributed by atoms with Crippen LogP contribution in [-0.2, 0) is 0 Å². The zero-order chi connectivity index (χ0) is 19.7. The lowest BCUT2D eigenvalue weighted by Gasteiger charge is -2.10. The topological polar surface area (TPSA) is 57.0 Å². The van der Waals surface area contributed by atoms with Gasteiger partial charge < -0.3 is 9.30 Å². The monoisotopic (exact) mass is 391 g/mol. The summed E-state index contributed by atoms with van der Waals surface area (Å²) >= 11 is 6.38. The van der Waals surface area contributed by atoms with Gasteiger partial charge in [-0.25, -0.2) is 9.97 Å². The first-order valence-corrected chi connectivity index (χ1v) is 9.30. The van der Waals surface area contributed by atoms with Crippen LogP contribution in [0.25, 0.3) is 22.2 Å². The minimum atomic E-state index is 0.202. The molecule has 0 unspecified atom stereocenters. The van der Waals surface area contributed by atoms with Gasteiger partial charge in [0.1, 0.15) is 28.6 Å². The third-order valence-corrected chi connectivity index (χ3v) is 4.82. The number of carbonyl (C=O) groups is 1. The Bertz CT molecular complexity index is 1150. The molecule has 2 aromatic heterocycles. The Morgan fingerprint density at radius 2 is 1.89 bits per heavy atom. The molecule has 0 bridgehead atoms. The molecule has 4 rings (SSSR count). The third-order valence-electron chi connectivity index (χ3n) is 4.54. The number of fused-ring (bicyclic) bond motifs is 1. The van der Waals surface area contributed by atoms with Crippen molar-refractivity contribution in [2.75, 3.05) is 0 Å². The van der Waals surface area contributed by atoms with Crippen molar-refractivity contribution < 1.29 is 9.53 Å². The highest BCUT2D eigenvalue weighted by atomic mass is 35.5. The molecular weight excluding hydrogens is 374 g/mol. The van der Waals surface area contributed by atoms with Crippen LogP contribution in [0.3, 0.4) is 0 Å². The standard InChI is InChI=1S/C22H18ClN3O2/c1-14(2)26-11-18(20-21(23)24-13-25-22(20)26)15-8-9-19(16(10-15)12-27)28-17-6-4-3-5-7-17/h3-14H,1-2H3. The number of carbonyl (C=O) groups excluding carboxylic acids is 1. The molecule has 0 aliphatic heterocycles. The highest BCUT2D eigenvalue weighted by Crippen LogP contribution is 2.37. The van der Waals surface area contributed by atoms with Crippen molar-refractivity contribution in [2.24, 2.45) is 0 Å². The number of nitrogens with zero attached hydrogens (tertiary/aromatic N) is 3. The molecule has 0 aliphatic rings. The van der Waals surface area contributed by atoms with E-state index >= 15 is 0 Å². The molecule has 4 aromatic rings. The first kappa shape index (κ1) is 18.2. The summed E-state index contributed by atoms with van der Waals surface area (Å²) in [7, 11) is 0. The zero-order valence-corrected chi connectivity index (χ0v) is 16.2. The zero-order valence-electron chi connectivity index (χ0n) is 15.5. The van der Waals surface area contributed by atoms with Gasteiger partial charge in [0.05, 0.1) is 10.9 Å². The second-order valence-electron chi connectivity index (χ2n) is 6.69. The van der Waals surface area contributed by atoms with Crippen molar-refractivity contribution >= 4 is 28.9 Å². The Kier molecular flexibility index (Phi) is 4.84. The molecule has 0 atom stereocenters. The Morgan fingerprint density at radius 3 is 2.61 bits per heavy atom. The van der Waals surface area contributed by atoms with Crippen LogP contribution in [0.1, 0.15) is 30.2 Å². The van der Waals surface area contributed by atoms with E-state index in [9.17, 15) is 4.79 Å². The molecule has 2 heterocycles. The summed E-state index contributed by atoms with van der Waals surface area (Å²) in [4.78, 5) is 20.2. The van der Waals surface area contributed by atoms with E-state index in [1.54, 1.807) is 12.1 Å². The van der Waals surface area contributed by atoms with E-state index in [4.69, 9.17) is 16.3 Å². The van der Waals surface area contributed by atoms with Gasteiger partial charge in [-0.1, -0.05) is 35.9 Å². The summed E-state index contributed by atoms with van der Waals surface area (Å²) in [6.45, 7) is 4.15. The van der Waals surface area contributed by atoms with E-state index in [-0.39, 0.29) is 6.04 Å². The third kappa shape index (κ3) is 3.25. The minimum absolute atomic E-state index is 0.202. The maximum absolute atomic E-state index is 11.7. The molecule has 0 radical (unpaired) electrons. The van der Waals surface area contributed by atoms with Crippen LogP contribution < -0.4 is 4.74 Å². The normalized spacial score (nSPS) is 11.1. The van der Waals surface area contributed by atoms with Crippen LogP contribution in [0.2, 0.25) is 5.15 Å². The molecule has 140 valence electrons. The van der Waals surface area contributed by atoms with E-state index < -0.39 is 0 Å². The molecule has 5 nitrogen and oxygen atoms in total. The number of rotatable bonds is 5. The average molecular weight is 392 g/mol. The van der Waals surface area contributed by atoms with Crippen molar-refractivity contribution in [2.45, 2.75) is 19.9 Å². The molecule has 0 fully saturated rings. The quantitative estimate of drug-likeness (QED) is 0.312. The van der Waals surface area contributed by atoms with Gasteiger partial charge in [0.25, 0.3) is 0 Å². The number of hydrogen-bond acceptors (Lipinski definition) is 4. The van der Waals surface area contributed by atoms with Gasteiger partial charge in [-0.2, -0.15) is 0 Å². The molecule has 0 saturated carbocycles. The Balaban J connectivity index is 1.83. The Labute approximate surface area is 167 Å². The van der Waals surface area contributed by atoms with E-state index in [1.807, 2.05) is 47.2 Å². The largest absolute Gasteiger partial charge is 0.457 e. The SMILES string of the molecule is CC(C)n1cc(-c2ccc(Oc3ccccc3)c(C=O)c2)c2c(Cl)ncnc21. The van der Waals surface area contributed by atoms with E-state index in [2.05, 4.69) is 23.8 Å². The number of aromatic nitrogens is 3. The first-order valence-electron chi connectivity index (χ1n) is 8.92. The van der Waals surface area contributed by atoms with Crippen molar-refractivity contribution in [3.63, 3.8) is 0 Å². The summed E-state index contributed by atoms with van der Waals surface area (Å²) in [6.07, 6.45) is 4.25. The van der Waals surface area contributed by atoms with Gasteiger partial charge >= 0.3 is 0 Å².